The fourth-order valence-corrected chi connectivity index (χ4v) is 4.30. The summed E-state index contributed by atoms with van der Waals surface area (Å²) in [5.41, 5.74) is 4.01. The fourth-order valence-electron chi connectivity index (χ4n) is 4.30. The molecule has 0 aliphatic heterocycles. The van der Waals surface area contributed by atoms with Crippen LogP contribution in [0.3, 0.4) is 0 Å². The number of nitrogens with one attached hydrogen (secondary N) is 1. The number of ketones is 1. The SMILES string of the molecule is CC(=O)c1cccc(N(C(=O)Cn2nnc3ccccc32)C(C(=O)NCCC(C)C)c2ccc(C)cc2)c1. The van der Waals surface area contributed by atoms with Gasteiger partial charge in [-0.15, -0.1) is 5.10 Å². The Morgan fingerprint density at radius 1 is 0.974 bits per heavy atom. The number of fused-ring (bicyclic) bond motifs is 1. The largest absolute Gasteiger partial charge is 0.354 e. The molecule has 0 bridgehead atoms. The minimum absolute atomic E-state index is 0.130. The molecule has 0 aliphatic rings. The van der Waals surface area contributed by atoms with Crippen LogP contribution in [0, 0.1) is 12.8 Å². The molecule has 4 rings (SSSR count). The number of benzene rings is 3. The molecule has 0 radical (unpaired) electrons. The van der Waals surface area contributed by atoms with Gasteiger partial charge < -0.3 is 5.32 Å². The molecule has 1 atom stereocenters. The molecule has 8 nitrogen and oxygen atoms in total. The summed E-state index contributed by atoms with van der Waals surface area (Å²) in [5.74, 6) is -0.362. The van der Waals surface area contributed by atoms with E-state index in [1.165, 1.54) is 16.5 Å². The Labute approximate surface area is 222 Å². The molecule has 1 heterocycles. The second kappa shape index (κ2) is 11.8. The minimum Gasteiger partial charge on any atom is -0.354 e. The van der Waals surface area contributed by atoms with Gasteiger partial charge in [0.1, 0.15) is 18.1 Å². The van der Waals surface area contributed by atoms with Crippen molar-refractivity contribution in [1.29, 1.82) is 0 Å². The Morgan fingerprint density at radius 2 is 1.71 bits per heavy atom. The van der Waals surface area contributed by atoms with Crippen LogP contribution in [0.25, 0.3) is 11.0 Å². The van der Waals surface area contributed by atoms with E-state index >= 15 is 0 Å². The van der Waals surface area contributed by atoms with E-state index in [9.17, 15) is 14.4 Å². The molecule has 0 spiro atoms. The maximum Gasteiger partial charge on any atom is 0.249 e. The van der Waals surface area contributed by atoms with Gasteiger partial charge in [-0.1, -0.05) is 73.2 Å². The van der Waals surface area contributed by atoms with Crippen molar-refractivity contribution in [3.05, 3.63) is 89.5 Å². The first-order chi connectivity index (χ1) is 18.2. The lowest BCUT2D eigenvalue weighted by Crippen LogP contribution is -2.45. The normalized spacial score (nSPS) is 11.9. The quantitative estimate of drug-likeness (QED) is 0.306. The Hall–Kier alpha value is -4.33. The summed E-state index contributed by atoms with van der Waals surface area (Å²) in [6, 6.07) is 20.8. The topological polar surface area (TPSA) is 97.2 Å². The van der Waals surface area contributed by atoms with Gasteiger partial charge in [-0.3, -0.25) is 19.3 Å². The highest BCUT2D eigenvalue weighted by molar-refractivity contribution is 6.03. The first kappa shape index (κ1) is 26.7. The zero-order valence-electron chi connectivity index (χ0n) is 22.2. The maximum absolute atomic E-state index is 14.1. The van der Waals surface area contributed by atoms with E-state index in [1.807, 2.05) is 55.5 Å². The van der Waals surface area contributed by atoms with E-state index in [4.69, 9.17) is 0 Å². The highest BCUT2D eigenvalue weighted by Gasteiger charge is 2.33. The van der Waals surface area contributed by atoms with Crippen molar-refractivity contribution in [2.75, 3.05) is 11.4 Å². The first-order valence-corrected chi connectivity index (χ1v) is 12.8. The fraction of sp³-hybridized carbons (Fsp3) is 0.300. The Morgan fingerprint density at radius 3 is 2.42 bits per heavy atom. The Balaban J connectivity index is 1.80. The lowest BCUT2D eigenvalue weighted by Gasteiger charge is -2.32. The summed E-state index contributed by atoms with van der Waals surface area (Å²) in [6.07, 6.45) is 0.811. The van der Waals surface area contributed by atoms with Gasteiger partial charge in [0.25, 0.3) is 0 Å². The van der Waals surface area contributed by atoms with Crippen molar-refractivity contribution in [3.8, 4) is 0 Å². The highest BCUT2D eigenvalue weighted by atomic mass is 16.2. The number of aromatic nitrogens is 3. The zero-order chi connectivity index (χ0) is 27.2. The molecule has 3 aromatic carbocycles. The zero-order valence-corrected chi connectivity index (χ0v) is 22.2. The number of para-hydroxylation sites is 1. The second-order valence-corrected chi connectivity index (χ2v) is 9.89. The first-order valence-electron chi connectivity index (χ1n) is 12.8. The molecule has 0 saturated carbocycles. The highest BCUT2D eigenvalue weighted by Crippen LogP contribution is 2.30. The summed E-state index contributed by atoms with van der Waals surface area (Å²) < 4.78 is 1.53. The molecule has 196 valence electrons. The number of hydrogen-bond donors (Lipinski definition) is 1. The van der Waals surface area contributed by atoms with E-state index in [2.05, 4.69) is 29.5 Å². The van der Waals surface area contributed by atoms with Gasteiger partial charge in [0.2, 0.25) is 11.8 Å². The van der Waals surface area contributed by atoms with Crippen molar-refractivity contribution in [1.82, 2.24) is 20.3 Å². The summed E-state index contributed by atoms with van der Waals surface area (Å²) in [4.78, 5) is 41.5. The van der Waals surface area contributed by atoms with Crippen LogP contribution in [0.1, 0.15) is 54.7 Å². The number of rotatable bonds is 10. The molecule has 1 aromatic heterocycles. The van der Waals surface area contributed by atoms with Crippen LogP contribution in [0.2, 0.25) is 0 Å². The van der Waals surface area contributed by atoms with Gasteiger partial charge in [0.15, 0.2) is 5.78 Å². The smallest absolute Gasteiger partial charge is 0.249 e. The molecule has 0 saturated heterocycles. The van der Waals surface area contributed by atoms with Crippen LogP contribution < -0.4 is 10.2 Å². The maximum atomic E-state index is 14.1. The summed E-state index contributed by atoms with van der Waals surface area (Å²) in [5, 5.41) is 11.4. The number of anilines is 1. The van der Waals surface area contributed by atoms with Gasteiger partial charge in [0.05, 0.1) is 5.52 Å². The van der Waals surface area contributed by atoms with Gasteiger partial charge >= 0.3 is 0 Å². The number of carbonyl (C=O) groups excluding carboxylic acids is 3. The number of hydrogen-bond acceptors (Lipinski definition) is 5. The molecule has 4 aromatic rings. The molecule has 0 fully saturated rings. The van der Waals surface area contributed by atoms with Crippen LogP contribution in [0.5, 0.6) is 0 Å². The Bertz CT molecular complexity index is 1440. The van der Waals surface area contributed by atoms with Gasteiger partial charge in [-0.2, -0.15) is 0 Å². The van der Waals surface area contributed by atoms with Crippen molar-refractivity contribution in [3.63, 3.8) is 0 Å². The molecule has 2 amide bonds. The van der Waals surface area contributed by atoms with Crippen molar-refractivity contribution in [2.24, 2.45) is 5.92 Å². The number of carbonyl (C=O) groups is 3. The van der Waals surface area contributed by atoms with Crippen LogP contribution >= 0.6 is 0 Å². The van der Waals surface area contributed by atoms with E-state index in [0.29, 0.717) is 40.3 Å². The van der Waals surface area contributed by atoms with Crippen LogP contribution in [0.4, 0.5) is 5.69 Å². The third kappa shape index (κ3) is 6.14. The monoisotopic (exact) mass is 511 g/mol. The molecule has 8 heteroatoms. The molecule has 38 heavy (non-hydrogen) atoms. The predicted molar refractivity (Wildman–Crippen MR) is 148 cm³/mol. The lowest BCUT2D eigenvalue weighted by molar-refractivity contribution is -0.127. The average molecular weight is 512 g/mol. The summed E-state index contributed by atoms with van der Waals surface area (Å²) in [6.45, 7) is 7.98. The van der Waals surface area contributed by atoms with E-state index in [-0.39, 0.29) is 24.1 Å². The van der Waals surface area contributed by atoms with E-state index in [1.54, 1.807) is 24.3 Å². The van der Waals surface area contributed by atoms with Gasteiger partial charge in [-0.25, -0.2) is 4.68 Å². The molecular formula is C30H33N5O3. The third-order valence-corrected chi connectivity index (χ3v) is 6.43. The van der Waals surface area contributed by atoms with E-state index in [0.717, 1.165) is 12.0 Å². The standard InChI is InChI=1S/C30H33N5O3/c1-20(2)16-17-31-30(38)29(23-14-12-21(3)13-15-23)35(25-9-7-8-24(18-25)22(4)36)28(37)19-34-27-11-6-5-10-26(27)32-33-34/h5-15,18,20,29H,16-17,19H2,1-4H3,(H,31,38). The number of Topliss-reactive ketones (excluding diaryl/α,β-unsaturated/α-hetero) is 1. The average Bonchev–Trinajstić information content (AvgIpc) is 3.30. The van der Waals surface area contributed by atoms with Crippen LogP contribution in [0.15, 0.2) is 72.8 Å². The minimum atomic E-state index is -0.952. The number of nitrogens with zero attached hydrogens (tertiary/aromatic N) is 4. The second-order valence-electron chi connectivity index (χ2n) is 9.89. The molecule has 1 unspecified atom stereocenters. The van der Waals surface area contributed by atoms with Gasteiger partial charge in [-0.05, 0) is 56.0 Å². The van der Waals surface area contributed by atoms with Crippen molar-refractivity contribution < 1.29 is 14.4 Å². The summed E-state index contributed by atoms with van der Waals surface area (Å²) >= 11 is 0. The van der Waals surface area contributed by atoms with E-state index < -0.39 is 6.04 Å². The predicted octanol–water partition coefficient (Wildman–Crippen LogP) is 4.88. The van der Waals surface area contributed by atoms with Crippen LogP contribution in [-0.2, 0) is 16.1 Å². The van der Waals surface area contributed by atoms with Crippen molar-refractivity contribution >= 4 is 34.3 Å². The molecule has 0 aliphatic carbocycles. The summed E-state index contributed by atoms with van der Waals surface area (Å²) in [7, 11) is 0. The number of aryl methyl sites for hydroxylation is 1. The van der Waals surface area contributed by atoms with Gasteiger partial charge in [0, 0.05) is 17.8 Å². The van der Waals surface area contributed by atoms with Crippen LogP contribution in [-0.4, -0.2) is 39.1 Å². The van der Waals surface area contributed by atoms with Crippen molar-refractivity contribution in [2.45, 2.75) is 46.7 Å². The molecule has 1 N–H and O–H groups in total. The lowest BCUT2D eigenvalue weighted by atomic mass is 10.0. The third-order valence-electron chi connectivity index (χ3n) is 6.43. The number of amides is 2. The Kier molecular flexibility index (Phi) is 8.31. The molecular weight excluding hydrogens is 478 g/mol.